The molecule has 0 fully saturated rings. The van der Waals surface area contributed by atoms with Gasteiger partial charge >= 0.3 is 11.9 Å². The third kappa shape index (κ3) is 3.35. The van der Waals surface area contributed by atoms with Crippen molar-refractivity contribution in [1.29, 1.82) is 0 Å². The van der Waals surface area contributed by atoms with Crippen molar-refractivity contribution in [1.82, 2.24) is 0 Å². The van der Waals surface area contributed by atoms with Crippen LogP contribution in [0.3, 0.4) is 0 Å². The number of carboxylic acid groups (broad SMARTS) is 2. The number of nitrogens with two attached hydrogens (primary N) is 1. The van der Waals surface area contributed by atoms with Crippen LogP contribution in [-0.4, -0.2) is 28.9 Å². The van der Waals surface area contributed by atoms with E-state index in [-0.39, 0.29) is 13.2 Å². The molecule has 1 heterocycles. The number of para-hydroxylation sites is 1. The quantitative estimate of drug-likeness (QED) is 0.543. The number of carboxylic acids is 2. The van der Waals surface area contributed by atoms with E-state index >= 15 is 0 Å². The van der Waals surface area contributed by atoms with Gasteiger partial charge < -0.3 is 25.4 Å². The number of rotatable bonds is 6. The van der Waals surface area contributed by atoms with Crippen molar-refractivity contribution >= 4 is 17.6 Å². The minimum absolute atomic E-state index is 0.0797. The van der Waals surface area contributed by atoms with Gasteiger partial charge in [0, 0.05) is 11.6 Å². The van der Waals surface area contributed by atoms with Crippen LogP contribution >= 0.6 is 0 Å². The minimum Gasteiger partial charge on any atom is -0.481 e. The molecule has 4 N–H and O–H groups in total. The van der Waals surface area contributed by atoms with E-state index in [4.69, 9.17) is 15.2 Å². The first kappa shape index (κ1) is 16.6. The van der Waals surface area contributed by atoms with E-state index in [1.165, 1.54) is 0 Å². The van der Waals surface area contributed by atoms with Crippen molar-refractivity contribution in [3.8, 4) is 11.5 Å². The van der Waals surface area contributed by atoms with Gasteiger partial charge in [0.1, 0.15) is 0 Å². The molecule has 0 saturated heterocycles. The number of anilines is 1. The molecular weight excluding hydrogens is 326 g/mol. The van der Waals surface area contributed by atoms with E-state index in [1.54, 1.807) is 42.5 Å². The molecule has 0 bridgehead atoms. The van der Waals surface area contributed by atoms with Crippen LogP contribution in [0.1, 0.15) is 17.0 Å². The number of carbonyl (C=O) groups is 2. The van der Waals surface area contributed by atoms with Crippen molar-refractivity contribution in [2.24, 2.45) is 5.92 Å². The highest BCUT2D eigenvalue weighted by Gasteiger charge is 2.37. The summed E-state index contributed by atoms with van der Waals surface area (Å²) < 4.78 is 10.6. The zero-order valence-corrected chi connectivity index (χ0v) is 13.2. The number of hydrogen-bond acceptors (Lipinski definition) is 5. The number of nitrogen functional groups attached to an aromatic ring is 1. The normalized spacial score (nSPS) is 13.6. The van der Waals surface area contributed by atoms with E-state index in [1.807, 2.05) is 0 Å². The van der Waals surface area contributed by atoms with Crippen LogP contribution in [0, 0.1) is 5.92 Å². The summed E-state index contributed by atoms with van der Waals surface area (Å²) in [6, 6.07) is 11.9. The maximum atomic E-state index is 11.6. The topological polar surface area (TPSA) is 119 Å². The van der Waals surface area contributed by atoms with Gasteiger partial charge in [-0.15, -0.1) is 0 Å². The maximum Gasteiger partial charge on any atom is 0.318 e. The molecule has 1 aliphatic rings. The molecule has 3 rings (SSSR count). The average Bonchev–Trinajstić information content (AvgIpc) is 3.03. The van der Waals surface area contributed by atoms with Gasteiger partial charge in [-0.1, -0.05) is 24.3 Å². The lowest BCUT2D eigenvalue weighted by atomic mass is 9.81. The fraction of sp³-hybridized carbons (Fsp3) is 0.222. The van der Waals surface area contributed by atoms with Crippen molar-refractivity contribution in [3.63, 3.8) is 0 Å². The van der Waals surface area contributed by atoms with Crippen LogP contribution in [0.15, 0.2) is 42.5 Å². The third-order valence-electron chi connectivity index (χ3n) is 4.25. The first-order valence-corrected chi connectivity index (χ1v) is 7.66. The number of hydrogen-bond donors (Lipinski definition) is 3. The van der Waals surface area contributed by atoms with Crippen LogP contribution in [-0.2, 0) is 16.0 Å². The molecule has 2 aromatic rings. The molecular formula is C18H17NO6. The summed E-state index contributed by atoms with van der Waals surface area (Å²) >= 11 is 0. The smallest absolute Gasteiger partial charge is 0.318 e. The Bertz CT molecular complexity index is 805. The molecule has 0 aliphatic carbocycles. The van der Waals surface area contributed by atoms with Gasteiger partial charge in [0.25, 0.3) is 0 Å². The summed E-state index contributed by atoms with van der Waals surface area (Å²) in [6.07, 6.45) is 0.176. The Labute approximate surface area is 143 Å². The van der Waals surface area contributed by atoms with Gasteiger partial charge in [-0.05, 0) is 35.7 Å². The molecule has 7 heteroatoms. The zero-order valence-electron chi connectivity index (χ0n) is 13.2. The Morgan fingerprint density at radius 3 is 2.40 bits per heavy atom. The SMILES string of the molecule is Nc1ccccc1CC(c1ccc2c(c1)OCO2)C(C(=O)O)C(=O)O. The maximum absolute atomic E-state index is 11.6. The summed E-state index contributed by atoms with van der Waals surface area (Å²) in [4.78, 5) is 23.2. The number of benzene rings is 2. The molecule has 0 aromatic heterocycles. The van der Waals surface area contributed by atoms with Gasteiger partial charge in [0.2, 0.25) is 6.79 Å². The van der Waals surface area contributed by atoms with Crippen LogP contribution in [0.5, 0.6) is 11.5 Å². The summed E-state index contributed by atoms with van der Waals surface area (Å²) in [5.41, 5.74) is 7.67. The lowest BCUT2D eigenvalue weighted by Crippen LogP contribution is -2.31. The van der Waals surface area contributed by atoms with Crippen LogP contribution in [0.4, 0.5) is 5.69 Å². The fourth-order valence-electron chi connectivity index (χ4n) is 2.98. The molecule has 1 unspecified atom stereocenters. The van der Waals surface area contributed by atoms with E-state index in [9.17, 15) is 19.8 Å². The summed E-state index contributed by atoms with van der Waals surface area (Å²) in [5.74, 6) is -4.20. The highest BCUT2D eigenvalue weighted by atomic mass is 16.7. The monoisotopic (exact) mass is 343 g/mol. The average molecular weight is 343 g/mol. The van der Waals surface area contributed by atoms with Gasteiger partial charge in [-0.2, -0.15) is 0 Å². The summed E-state index contributed by atoms with van der Waals surface area (Å²) in [7, 11) is 0. The first-order chi connectivity index (χ1) is 12.0. The molecule has 2 aromatic carbocycles. The molecule has 7 nitrogen and oxygen atoms in total. The van der Waals surface area contributed by atoms with Crippen LogP contribution in [0.25, 0.3) is 0 Å². The number of ether oxygens (including phenoxy) is 2. The Hall–Kier alpha value is -3.22. The Balaban J connectivity index is 2.03. The molecule has 25 heavy (non-hydrogen) atoms. The minimum atomic E-state index is -1.61. The second-order valence-electron chi connectivity index (χ2n) is 5.78. The molecule has 0 radical (unpaired) electrons. The highest BCUT2D eigenvalue weighted by Crippen LogP contribution is 2.38. The fourth-order valence-corrected chi connectivity index (χ4v) is 2.98. The van der Waals surface area contributed by atoms with E-state index in [0.717, 1.165) is 0 Å². The molecule has 0 spiro atoms. The van der Waals surface area contributed by atoms with E-state index in [0.29, 0.717) is 28.3 Å². The van der Waals surface area contributed by atoms with Crippen LogP contribution < -0.4 is 15.2 Å². The number of aliphatic carboxylic acids is 2. The number of fused-ring (bicyclic) bond motifs is 1. The first-order valence-electron chi connectivity index (χ1n) is 7.66. The van der Waals surface area contributed by atoms with Crippen molar-refractivity contribution in [2.45, 2.75) is 12.3 Å². The lowest BCUT2D eigenvalue weighted by Gasteiger charge is -2.22. The van der Waals surface area contributed by atoms with Gasteiger partial charge in [-0.3, -0.25) is 9.59 Å². The standard InChI is InChI=1S/C18H17NO6/c19-13-4-2-1-3-11(13)7-12(16(17(20)21)18(22)23)10-5-6-14-15(8-10)25-9-24-14/h1-6,8,12,16H,7,9,19H2,(H,20,21)(H,22,23). The Morgan fingerprint density at radius 2 is 1.72 bits per heavy atom. The molecule has 130 valence electrons. The van der Waals surface area contributed by atoms with Crippen molar-refractivity contribution in [2.75, 3.05) is 12.5 Å². The zero-order chi connectivity index (χ0) is 18.0. The van der Waals surface area contributed by atoms with Crippen molar-refractivity contribution in [3.05, 3.63) is 53.6 Å². The lowest BCUT2D eigenvalue weighted by molar-refractivity contribution is -0.155. The molecule has 1 atom stereocenters. The largest absolute Gasteiger partial charge is 0.481 e. The van der Waals surface area contributed by atoms with E-state index in [2.05, 4.69) is 0 Å². The Morgan fingerprint density at radius 1 is 1.04 bits per heavy atom. The second-order valence-corrected chi connectivity index (χ2v) is 5.78. The highest BCUT2D eigenvalue weighted by molar-refractivity contribution is 5.94. The van der Waals surface area contributed by atoms with Crippen molar-refractivity contribution < 1.29 is 29.3 Å². The Kier molecular flexibility index (Phi) is 4.47. The van der Waals surface area contributed by atoms with Gasteiger partial charge in [-0.25, -0.2) is 0 Å². The van der Waals surface area contributed by atoms with E-state index < -0.39 is 23.8 Å². The summed E-state index contributed by atoms with van der Waals surface area (Å²) in [5, 5.41) is 18.9. The second kappa shape index (κ2) is 6.72. The predicted octanol–water partition coefficient (Wildman–Crippen LogP) is 2.11. The molecule has 0 saturated carbocycles. The van der Waals surface area contributed by atoms with Gasteiger partial charge in [0.15, 0.2) is 17.4 Å². The summed E-state index contributed by atoms with van der Waals surface area (Å²) in [6.45, 7) is 0.0797. The molecule has 0 amide bonds. The van der Waals surface area contributed by atoms with Crippen LogP contribution in [0.2, 0.25) is 0 Å². The third-order valence-corrected chi connectivity index (χ3v) is 4.25. The predicted molar refractivity (Wildman–Crippen MR) is 88.6 cm³/mol. The molecule has 1 aliphatic heterocycles. The van der Waals surface area contributed by atoms with Gasteiger partial charge in [0.05, 0.1) is 0 Å².